The van der Waals surface area contributed by atoms with Crippen LogP contribution in [0, 0.1) is 0 Å². The van der Waals surface area contributed by atoms with Crippen LogP contribution in [0.3, 0.4) is 0 Å². The predicted octanol–water partition coefficient (Wildman–Crippen LogP) is 1.07. The molecule has 0 aliphatic carbocycles. The summed E-state index contributed by atoms with van der Waals surface area (Å²) in [4.78, 5) is 20.7. The Morgan fingerprint density at radius 3 is 2.17 bits per heavy atom. The molecule has 0 aromatic carbocycles. The molecule has 0 aromatic heterocycles. The number of alkyl halides is 3. The van der Waals surface area contributed by atoms with Gasteiger partial charge in [-0.2, -0.15) is 13.2 Å². The molecular weight excluding hydrogens is 177 g/mol. The third-order valence-electron chi connectivity index (χ3n) is 1.05. The summed E-state index contributed by atoms with van der Waals surface area (Å²) in [5.41, 5.74) is 0. The average Bonchev–Trinajstić information content (AvgIpc) is 1.97. The SMILES string of the molecule is COC(=O)C(=O)CCC(F)(F)F. The zero-order chi connectivity index (χ0) is 9.78. The second-order valence-electron chi connectivity index (χ2n) is 2.03. The van der Waals surface area contributed by atoms with Crippen molar-refractivity contribution in [2.75, 3.05) is 7.11 Å². The lowest BCUT2D eigenvalue weighted by Crippen LogP contribution is -2.18. The summed E-state index contributed by atoms with van der Waals surface area (Å²) in [5.74, 6) is -2.39. The highest BCUT2D eigenvalue weighted by atomic mass is 19.4. The number of carbonyl (C=O) groups excluding carboxylic acids is 2. The van der Waals surface area contributed by atoms with E-state index in [4.69, 9.17) is 0 Å². The first-order valence-electron chi connectivity index (χ1n) is 3.04. The van der Waals surface area contributed by atoms with Gasteiger partial charge in [-0.3, -0.25) is 4.79 Å². The first-order valence-corrected chi connectivity index (χ1v) is 3.04. The summed E-state index contributed by atoms with van der Waals surface area (Å²) in [7, 11) is 0.938. The predicted molar refractivity (Wildman–Crippen MR) is 32.3 cm³/mol. The quantitative estimate of drug-likeness (QED) is 0.486. The van der Waals surface area contributed by atoms with Gasteiger partial charge in [0.2, 0.25) is 5.78 Å². The van der Waals surface area contributed by atoms with E-state index in [0.717, 1.165) is 7.11 Å². The molecule has 0 aliphatic rings. The molecule has 0 heterocycles. The van der Waals surface area contributed by atoms with Gasteiger partial charge in [-0.25, -0.2) is 4.79 Å². The van der Waals surface area contributed by atoms with Gasteiger partial charge in [0.1, 0.15) is 0 Å². The standard InChI is InChI=1S/C6H7F3O3/c1-12-5(11)4(10)2-3-6(7,8)9/h2-3H2,1H3. The summed E-state index contributed by atoms with van der Waals surface area (Å²) in [6.07, 6.45) is -6.55. The molecule has 0 unspecified atom stereocenters. The van der Waals surface area contributed by atoms with Crippen LogP contribution in [0.25, 0.3) is 0 Å². The average molecular weight is 184 g/mol. The van der Waals surface area contributed by atoms with Crippen LogP contribution in [-0.4, -0.2) is 25.0 Å². The van der Waals surface area contributed by atoms with Crippen molar-refractivity contribution in [3.8, 4) is 0 Å². The number of ether oxygens (including phenoxy) is 1. The lowest BCUT2D eigenvalue weighted by Gasteiger charge is -2.03. The number of esters is 1. The van der Waals surface area contributed by atoms with Crippen molar-refractivity contribution < 1.29 is 27.5 Å². The Labute approximate surface area is 66.5 Å². The van der Waals surface area contributed by atoms with E-state index in [1.165, 1.54) is 0 Å². The Balaban J connectivity index is 3.80. The van der Waals surface area contributed by atoms with E-state index in [-0.39, 0.29) is 0 Å². The Morgan fingerprint density at radius 1 is 1.33 bits per heavy atom. The van der Waals surface area contributed by atoms with Crippen LogP contribution in [0.5, 0.6) is 0 Å². The minimum atomic E-state index is -4.41. The molecule has 0 amide bonds. The van der Waals surface area contributed by atoms with Crippen molar-refractivity contribution in [1.82, 2.24) is 0 Å². The van der Waals surface area contributed by atoms with Crippen LogP contribution in [0.15, 0.2) is 0 Å². The van der Waals surface area contributed by atoms with Crippen molar-refractivity contribution >= 4 is 11.8 Å². The summed E-state index contributed by atoms with van der Waals surface area (Å²) < 4.78 is 38.4. The van der Waals surface area contributed by atoms with E-state index in [1.807, 2.05) is 0 Å². The van der Waals surface area contributed by atoms with Crippen LogP contribution in [0.2, 0.25) is 0 Å². The zero-order valence-corrected chi connectivity index (χ0v) is 6.27. The Bertz CT molecular complexity index is 185. The number of Topliss-reactive ketones (excluding diaryl/α,β-unsaturated/α-hetero) is 1. The van der Waals surface area contributed by atoms with Gasteiger partial charge >= 0.3 is 12.1 Å². The second-order valence-corrected chi connectivity index (χ2v) is 2.03. The second kappa shape index (κ2) is 4.08. The fourth-order valence-electron chi connectivity index (χ4n) is 0.471. The number of halogens is 3. The van der Waals surface area contributed by atoms with E-state index in [2.05, 4.69) is 4.74 Å². The minimum Gasteiger partial charge on any atom is -0.463 e. The van der Waals surface area contributed by atoms with Crippen molar-refractivity contribution in [3.63, 3.8) is 0 Å². The highest BCUT2D eigenvalue weighted by Gasteiger charge is 2.29. The molecule has 0 N–H and O–H groups in total. The first-order chi connectivity index (χ1) is 5.37. The molecule has 0 atom stereocenters. The number of ketones is 1. The van der Waals surface area contributed by atoms with Crippen LogP contribution < -0.4 is 0 Å². The van der Waals surface area contributed by atoms with Crippen LogP contribution in [0.1, 0.15) is 12.8 Å². The largest absolute Gasteiger partial charge is 0.463 e. The summed E-state index contributed by atoms with van der Waals surface area (Å²) in [6, 6.07) is 0. The molecule has 3 nitrogen and oxygen atoms in total. The monoisotopic (exact) mass is 184 g/mol. The van der Waals surface area contributed by atoms with Crippen molar-refractivity contribution in [1.29, 1.82) is 0 Å². The Kier molecular flexibility index (Phi) is 3.72. The van der Waals surface area contributed by atoms with Crippen molar-refractivity contribution in [3.05, 3.63) is 0 Å². The molecule has 0 fully saturated rings. The van der Waals surface area contributed by atoms with Crippen LogP contribution in [0.4, 0.5) is 13.2 Å². The molecule has 0 radical (unpaired) electrons. The molecule has 0 spiro atoms. The van der Waals surface area contributed by atoms with E-state index in [0.29, 0.717) is 0 Å². The fraction of sp³-hybridized carbons (Fsp3) is 0.667. The molecule has 0 saturated heterocycles. The number of hydrogen-bond acceptors (Lipinski definition) is 3. The number of carbonyl (C=O) groups is 2. The van der Waals surface area contributed by atoms with Gasteiger partial charge in [-0.15, -0.1) is 0 Å². The Morgan fingerprint density at radius 2 is 1.83 bits per heavy atom. The Hall–Kier alpha value is -1.07. The molecular formula is C6H7F3O3. The number of rotatable bonds is 3. The van der Waals surface area contributed by atoms with Gasteiger partial charge in [0.15, 0.2) is 0 Å². The van der Waals surface area contributed by atoms with Crippen molar-refractivity contribution in [2.45, 2.75) is 19.0 Å². The topological polar surface area (TPSA) is 43.4 Å². The molecule has 0 rings (SSSR count). The van der Waals surface area contributed by atoms with Crippen LogP contribution in [-0.2, 0) is 14.3 Å². The molecule has 12 heavy (non-hydrogen) atoms. The van der Waals surface area contributed by atoms with Gasteiger partial charge in [0, 0.05) is 6.42 Å². The van der Waals surface area contributed by atoms with Gasteiger partial charge in [-0.05, 0) is 0 Å². The summed E-state index contributed by atoms with van der Waals surface area (Å²) >= 11 is 0. The zero-order valence-electron chi connectivity index (χ0n) is 6.27. The third-order valence-corrected chi connectivity index (χ3v) is 1.05. The number of hydrogen-bond donors (Lipinski definition) is 0. The normalized spacial score (nSPS) is 11.0. The van der Waals surface area contributed by atoms with E-state index in [1.54, 1.807) is 0 Å². The van der Waals surface area contributed by atoms with E-state index in [9.17, 15) is 22.8 Å². The van der Waals surface area contributed by atoms with Gasteiger partial charge in [0.05, 0.1) is 13.5 Å². The van der Waals surface area contributed by atoms with Crippen molar-refractivity contribution in [2.24, 2.45) is 0 Å². The minimum absolute atomic E-state index is 0.851. The summed E-state index contributed by atoms with van der Waals surface area (Å²) in [6.45, 7) is 0. The van der Waals surface area contributed by atoms with Gasteiger partial charge in [0.25, 0.3) is 0 Å². The number of methoxy groups -OCH3 is 1. The molecule has 0 saturated carbocycles. The lowest BCUT2D eigenvalue weighted by molar-refractivity contribution is -0.156. The van der Waals surface area contributed by atoms with E-state index < -0.39 is 30.8 Å². The fourth-order valence-corrected chi connectivity index (χ4v) is 0.471. The third kappa shape index (κ3) is 4.70. The first kappa shape index (κ1) is 10.9. The molecule has 70 valence electrons. The lowest BCUT2D eigenvalue weighted by atomic mass is 10.2. The van der Waals surface area contributed by atoms with Gasteiger partial charge in [-0.1, -0.05) is 0 Å². The molecule has 0 bridgehead atoms. The maximum atomic E-state index is 11.5. The summed E-state index contributed by atoms with van der Waals surface area (Å²) in [5, 5.41) is 0. The molecule has 0 aliphatic heterocycles. The molecule has 6 heteroatoms. The van der Waals surface area contributed by atoms with E-state index >= 15 is 0 Å². The smallest absolute Gasteiger partial charge is 0.389 e. The maximum absolute atomic E-state index is 11.5. The molecule has 0 aromatic rings. The maximum Gasteiger partial charge on any atom is 0.389 e. The van der Waals surface area contributed by atoms with Gasteiger partial charge < -0.3 is 4.74 Å². The highest BCUT2D eigenvalue weighted by Crippen LogP contribution is 2.21. The highest BCUT2D eigenvalue weighted by molar-refractivity contribution is 6.33. The van der Waals surface area contributed by atoms with Crippen LogP contribution >= 0.6 is 0 Å².